The number of hydrogen-bond donors (Lipinski definition) is 1. The van der Waals surface area contributed by atoms with E-state index < -0.39 is 0 Å². The van der Waals surface area contributed by atoms with E-state index in [1.165, 1.54) is 28.0 Å². The average Bonchev–Trinajstić information content (AvgIpc) is 3.30. The molecular weight excluding hydrogens is 420 g/mol. The van der Waals surface area contributed by atoms with Crippen LogP contribution in [0.15, 0.2) is 48.5 Å². The molecule has 4 rings (SSSR count). The van der Waals surface area contributed by atoms with Gasteiger partial charge in [0, 0.05) is 23.4 Å². The van der Waals surface area contributed by atoms with E-state index in [4.69, 9.17) is 9.84 Å². The number of aromatic nitrogens is 3. The van der Waals surface area contributed by atoms with E-state index in [-0.39, 0.29) is 5.91 Å². The molecule has 6 nitrogen and oxygen atoms in total. The second-order valence-corrected chi connectivity index (χ2v) is 8.79. The summed E-state index contributed by atoms with van der Waals surface area (Å²) in [7, 11) is 1.61. The number of rotatable bonds is 6. The first-order valence-electron chi connectivity index (χ1n) is 10.4. The highest BCUT2D eigenvalue weighted by Crippen LogP contribution is 2.27. The SMILES string of the molecule is COc1ccc(NC(=O)c2sc(-n3nc(C)c(Cc4ccc(C)cc4)c3C)nc2C)cc1. The smallest absolute Gasteiger partial charge is 0.267 e. The number of anilines is 1. The van der Waals surface area contributed by atoms with Crippen molar-refractivity contribution in [1.82, 2.24) is 14.8 Å². The van der Waals surface area contributed by atoms with Gasteiger partial charge in [0.1, 0.15) is 10.6 Å². The van der Waals surface area contributed by atoms with Gasteiger partial charge in [-0.3, -0.25) is 4.79 Å². The van der Waals surface area contributed by atoms with Crippen LogP contribution in [0, 0.1) is 27.7 Å². The highest BCUT2D eigenvalue weighted by Gasteiger charge is 2.20. The summed E-state index contributed by atoms with van der Waals surface area (Å²) in [6, 6.07) is 15.8. The second-order valence-electron chi connectivity index (χ2n) is 7.82. The minimum absolute atomic E-state index is 0.183. The molecule has 0 unspecified atom stereocenters. The van der Waals surface area contributed by atoms with Crippen molar-refractivity contribution in [2.45, 2.75) is 34.1 Å². The molecule has 2 aromatic carbocycles. The standard InChI is InChI=1S/C25H26N4O2S/c1-15-6-8-19(9-7-15)14-22-16(2)28-29(18(22)4)25-26-17(3)23(32-25)24(30)27-20-10-12-21(31-5)13-11-20/h6-13H,14H2,1-5H3,(H,27,30). The summed E-state index contributed by atoms with van der Waals surface area (Å²) >= 11 is 1.34. The Morgan fingerprint density at radius 3 is 2.34 bits per heavy atom. The van der Waals surface area contributed by atoms with Gasteiger partial charge in [-0.2, -0.15) is 5.10 Å². The third-order valence-electron chi connectivity index (χ3n) is 5.46. The predicted octanol–water partition coefficient (Wildman–Crippen LogP) is 5.41. The van der Waals surface area contributed by atoms with E-state index in [1.54, 1.807) is 7.11 Å². The number of thiazole rings is 1. The van der Waals surface area contributed by atoms with Crippen LogP contribution in [0.5, 0.6) is 5.75 Å². The van der Waals surface area contributed by atoms with Crippen molar-refractivity contribution in [1.29, 1.82) is 0 Å². The normalized spacial score (nSPS) is 10.9. The van der Waals surface area contributed by atoms with Crippen LogP contribution in [0.25, 0.3) is 5.13 Å². The molecule has 164 valence electrons. The largest absolute Gasteiger partial charge is 0.497 e. The molecule has 0 aliphatic heterocycles. The predicted molar refractivity (Wildman–Crippen MR) is 128 cm³/mol. The molecule has 0 radical (unpaired) electrons. The summed E-state index contributed by atoms with van der Waals surface area (Å²) in [5.74, 6) is 0.558. The first-order valence-corrected chi connectivity index (χ1v) is 11.2. The molecule has 2 aromatic heterocycles. The molecule has 2 heterocycles. The van der Waals surface area contributed by atoms with E-state index >= 15 is 0 Å². The maximum absolute atomic E-state index is 12.9. The number of aryl methyl sites for hydroxylation is 3. The molecule has 0 fully saturated rings. The van der Waals surface area contributed by atoms with E-state index in [0.29, 0.717) is 21.4 Å². The van der Waals surface area contributed by atoms with Gasteiger partial charge in [-0.15, -0.1) is 0 Å². The number of nitrogens with one attached hydrogen (secondary N) is 1. The van der Waals surface area contributed by atoms with Crippen LogP contribution in [-0.2, 0) is 6.42 Å². The lowest BCUT2D eigenvalue weighted by Crippen LogP contribution is -2.11. The van der Waals surface area contributed by atoms with E-state index in [2.05, 4.69) is 48.4 Å². The number of methoxy groups -OCH3 is 1. The zero-order chi connectivity index (χ0) is 22.8. The number of benzene rings is 2. The van der Waals surface area contributed by atoms with Gasteiger partial charge in [0.2, 0.25) is 5.13 Å². The lowest BCUT2D eigenvalue weighted by Gasteiger charge is -2.05. The van der Waals surface area contributed by atoms with Crippen molar-refractivity contribution in [2.75, 3.05) is 12.4 Å². The van der Waals surface area contributed by atoms with Crippen LogP contribution < -0.4 is 10.1 Å². The van der Waals surface area contributed by atoms with E-state index in [0.717, 1.165) is 23.6 Å². The van der Waals surface area contributed by atoms with Gasteiger partial charge < -0.3 is 10.1 Å². The molecule has 1 amide bonds. The molecule has 0 spiro atoms. The molecule has 0 aliphatic carbocycles. The minimum atomic E-state index is -0.183. The molecule has 0 saturated heterocycles. The van der Waals surface area contributed by atoms with E-state index in [1.807, 2.05) is 42.8 Å². The Labute approximate surface area is 191 Å². The summed E-state index contributed by atoms with van der Waals surface area (Å²) in [5, 5.41) is 8.35. The quantitative estimate of drug-likeness (QED) is 0.430. The number of carbonyl (C=O) groups excluding carboxylic acids is 1. The third kappa shape index (κ3) is 4.43. The van der Waals surface area contributed by atoms with Crippen molar-refractivity contribution in [3.63, 3.8) is 0 Å². The van der Waals surface area contributed by atoms with Gasteiger partial charge in [-0.05, 0) is 57.5 Å². The summed E-state index contributed by atoms with van der Waals surface area (Å²) in [6.45, 7) is 8.01. The number of carbonyl (C=O) groups is 1. The zero-order valence-corrected chi connectivity index (χ0v) is 19.7. The summed E-state index contributed by atoms with van der Waals surface area (Å²) in [6.07, 6.45) is 0.813. The first kappa shape index (κ1) is 21.8. The molecule has 7 heteroatoms. The number of ether oxygens (including phenoxy) is 1. The fraction of sp³-hybridized carbons (Fsp3) is 0.240. The second kappa shape index (κ2) is 8.96. The number of hydrogen-bond acceptors (Lipinski definition) is 5. The Bertz CT molecular complexity index is 1250. The molecule has 0 saturated carbocycles. The van der Waals surface area contributed by atoms with Crippen LogP contribution >= 0.6 is 11.3 Å². The average molecular weight is 447 g/mol. The van der Waals surface area contributed by atoms with Crippen molar-refractivity contribution >= 4 is 22.9 Å². The monoisotopic (exact) mass is 446 g/mol. The highest BCUT2D eigenvalue weighted by atomic mass is 32.1. The van der Waals surface area contributed by atoms with Gasteiger partial charge in [0.05, 0.1) is 18.5 Å². The van der Waals surface area contributed by atoms with Crippen LogP contribution in [-0.4, -0.2) is 27.8 Å². The fourth-order valence-corrected chi connectivity index (χ4v) is 4.54. The first-order chi connectivity index (χ1) is 15.4. The summed E-state index contributed by atoms with van der Waals surface area (Å²) < 4.78 is 7.01. The van der Waals surface area contributed by atoms with Gasteiger partial charge in [0.25, 0.3) is 5.91 Å². The lowest BCUT2D eigenvalue weighted by atomic mass is 10.0. The topological polar surface area (TPSA) is 69.0 Å². The highest BCUT2D eigenvalue weighted by molar-refractivity contribution is 7.16. The fourth-order valence-electron chi connectivity index (χ4n) is 3.57. The molecule has 0 bridgehead atoms. The maximum Gasteiger partial charge on any atom is 0.267 e. The Hall–Kier alpha value is -3.45. The Morgan fingerprint density at radius 2 is 1.69 bits per heavy atom. The van der Waals surface area contributed by atoms with Gasteiger partial charge >= 0.3 is 0 Å². The molecular formula is C25H26N4O2S. The molecule has 1 N–H and O–H groups in total. The van der Waals surface area contributed by atoms with Gasteiger partial charge in [-0.25, -0.2) is 9.67 Å². The third-order valence-corrected chi connectivity index (χ3v) is 6.60. The van der Waals surface area contributed by atoms with Gasteiger partial charge in [-0.1, -0.05) is 41.2 Å². The summed E-state index contributed by atoms with van der Waals surface area (Å²) in [4.78, 5) is 18.1. The van der Waals surface area contributed by atoms with Crippen LogP contribution in [0.1, 0.15) is 43.4 Å². The Morgan fingerprint density at radius 1 is 1.00 bits per heavy atom. The number of amides is 1. The van der Waals surface area contributed by atoms with Crippen LogP contribution in [0.3, 0.4) is 0 Å². The Kier molecular flexibility index (Phi) is 6.10. The van der Waals surface area contributed by atoms with Crippen molar-refractivity contribution in [2.24, 2.45) is 0 Å². The molecule has 0 atom stereocenters. The maximum atomic E-state index is 12.9. The zero-order valence-electron chi connectivity index (χ0n) is 18.9. The molecule has 4 aromatic rings. The minimum Gasteiger partial charge on any atom is -0.497 e. The van der Waals surface area contributed by atoms with Crippen molar-refractivity contribution in [3.8, 4) is 10.9 Å². The Balaban J connectivity index is 1.57. The van der Waals surface area contributed by atoms with Crippen molar-refractivity contribution in [3.05, 3.63) is 87.2 Å². The summed E-state index contributed by atoms with van der Waals surface area (Å²) in [5.41, 5.74) is 7.08. The number of nitrogens with zero attached hydrogens (tertiary/aromatic N) is 3. The van der Waals surface area contributed by atoms with Gasteiger partial charge in [0.15, 0.2) is 0 Å². The molecule has 0 aliphatic rings. The lowest BCUT2D eigenvalue weighted by molar-refractivity contribution is 0.103. The molecule has 32 heavy (non-hydrogen) atoms. The van der Waals surface area contributed by atoms with Crippen molar-refractivity contribution < 1.29 is 9.53 Å². The van der Waals surface area contributed by atoms with Crippen LogP contribution in [0.4, 0.5) is 5.69 Å². The van der Waals surface area contributed by atoms with Crippen LogP contribution in [0.2, 0.25) is 0 Å². The van der Waals surface area contributed by atoms with E-state index in [9.17, 15) is 4.79 Å².